The molecule has 1 aromatic heterocycles. The maximum atomic E-state index is 13.1. The zero-order chi connectivity index (χ0) is 20.3. The molecule has 4 rings (SSSR count). The quantitative estimate of drug-likeness (QED) is 0.776. The van der Waals surface area contributed by atoms with E-state index in [-0.39, 0.29) is 11.5 Å². The molecule has 2 fully saturated rings. The van der Waals surface area contributed by atoms with Crippen LogP contribution in [0.2, 0.25) is 0 Å². The van der Waals surface area contributed by atoms with E-state index in [1.807, 2.05) is 13.0 Å². The number of amides is 1. The van der Waals surface area contributed by atoms with Gasteiger partial charge in [-0.2, -0.15) is 0 Å². The van der Waals surface area contributed by atoms with Crippen molar-refractivity contribution in [1.29, 1.82) is 0 Å². The molecule has 0 N–H and O–H groups in total. The highest BCUT2D eigenvalue weighted by Crippen LogP contribution is 2.35. The fourth-order valence-corrected chi connectivity index (χ4v) is 4.35. The van der Waals surface area contributed by atoms with Crippen LogP contribution in [-0.2, 0) is 22.6 Å². The molecule has 1 amide bonds. The molecular formula is C23H28FN3O2. The molecular weight excluding hydrogens is 369 g/mol. The van der Waals surface area contributed by atoms with Crippen molar-refractivity contribution in [3.8, 4) is 0 Å². The first-order valence-corrected chi connectivity index (χ1v) is 10.3. The van der Waals surface area contributed by atoms with E-state index in [9.17, 15) is 9.18 Å². The SMILES string of the molecule is CC1OC2(CCN(CCc3ccccc3)CC2)CN(c2cncc(CF)c2)C1=O. The van der Waals surface area contributed by atoms with E-state index in [0.29, 0.717) is 17.8 Å². The maximum absolute atomic E-state index is 13.1. The highest BCUT2D eigenvalue weighted by atomic mass is 19.1. The van der Waals surface area contributed by atoms with Crippen LogP contribution in [0.25, 0.3) is 0 Å². The van der Waals surface area contributed by atoms with Crippen molar-refractivity contribution in [2.24, 2.45) is 0 Å². The fraction of sp³-hybridized carbons (Fsp3) is 0.478. The van der Waals surface area contributed by atoms with Gasteiger partial charge in [0.1, 0.15) is 12.8 Å². The summed E-state index contributed by atoms with van der Waals surface area (Å²) in [6.45, 7) is 4.65. The molecule has 0 radical (unpaired) electrons. The third-order valence-corrected chi connectivity index (χ3v) is 6.06. The number of alkyl halides is 1. The van der Waals surface area contributed by atoms with Crippen LogP contribution in [-0.4, -0.2) is 53.7 Å². The standard InChI is InChI=1S/C23H28FN3O2/c1-18-22(28)27(21-13-20(14-24)15-25-16-21)17-23(29-18)8-11-26(12-9-23)10-7-19-5-3-2-4-6-19/h2-6,13,15-16,18H,7-12,14,17H2,1H3. The predicted octanol–water partition coefficient (Wildman–Crippen LogP) is 3.38. The molecule has 1 atom stereocenters. The third-order valence-electron chi connectivity index (χ3n) is 6.06. The number of carbonyl (C=O) groups is 1. The maximum Gasteiger partial charge on any atom is 0.255 e. The molecule has 3 heterocycles. The third kappa shape index (κ3) is 4.49. The molecule has 0 saturated carbocycles. The van der Waals surface area contributed by atoms with Crippen molar-refractivity contribution in [3.63, 3.8) is 0 Å². The molecule has 5 nitrogen and oxygen atoms in total. The van der Waals surface area contributed by atoms with Gasteiger partial charge in [0.25, 0.3) is 5.91 Å². The number of anilines is 1. The normalized spacial score (nSPS) is 22.2. The minimum Gasteiger partial charge on any atom is -0.360 e. The number of morpholine rings is 1. The zero-order valence-electron chi connectivity index (χ0n) is 16.9. The number of benzene rings is 1. The minimum atomic E-state index is -0.587. The van der Waals surface area contributed by atoms with Crippen molar-refractivity contribution < 1.29 is 13.9 Å². The molecule has 0 bridgehead atoms. The summed E-state index contributed by atoms with van der Waals surface area (Å²) in [6.07, 6.45) is 5.43. The number of hydrogen-bond donors (Lipinski definition) is 0. The lowest BCUT2D eigenvalue weighted by Crippen LogP contribution is -2.61. The summed E-state index contributed by atoms with van der Waals surface area (Å²) in [4.78, 5) is 21.1. The van der Waals surface area contributed by atoms with E-state index in [1.54, 1.807) is 17.2 Å². The second kappa shape index (κ2) is 8.59. The van der Waals surface area contributed by atoms with Gasteiger partial charge in [-0.15, -0.1) is 0 Å². The molecule has 6 heteroatoms. The van der Waals surface area contributed by atoms with Gasteiger partial charge in [0, 0.05) is 31.4 Å². The van der Waals surface area contributed by atoms with Gasteiger partial charge in [-0.1, -0.05) is 30.3 Å². The Balaban J connectivity index is 1.41. The number of likely N-dealkylation sites (tertiary alicyclic amines) is 1. The minimum absolute atomic E-state index is 0.0834. The largest absolute Gasteiger partial charge is 0.360 e. The van der Waals surface area contributed by atoms with E-state index in [1.165, 1.54) is 11.8 Å². The van der Waals surface area contributed by atoms with Crippen molar-refractivity contribution in [1.82, 2.24) is 9.88 Å². The number of ether oxygens (including phenoxy) is 1. The van der Waals surface area contributed by atoms with E-state index in [2.05, 4.69) is 34.1 Å². The van der Waals surface area contributed by atoms with Gasteiger partial charge in [-0.25, -0.2) is 4.39 Å². The lowest BCUT2D eigenvalue weighted by molar-refractivity contribution is -0.161. The van der Waals surface area contributed by atoms with Crippen molar-refractivity contribution in [3.05, 3.63) is 59.9 Å². The summed E-state index contributed by atoms with van der Waals surface area (Å²) < 4.78 is 19.3. The van der Waals surface area contributed by atoms with Crippen LogP contribution in [0, 0.1) is 0 Å². The number of rotatable bonds is 5. The summed E-state index contributed by atoms with van der Waals surface area (Å²) in [6, 6.07) is 12.3. The van der Waals surface area contributed by atoms with Crippen molar-refractivity contribution >= 4 is 11.6 Å². The highest BCUT2D eigenvalue weighted by molar-refractivity contribution is 5.97. The zero-order valence-corrected chi connectivity index (χ0v) is 16.9. The monoisotopic (exact) mass is 397 g/mol. The Kier molecular flexibility index (Phi) is 5.92. The Labute approximate surface area is 171 Å². The Morgan fingerprint density at radius 1 is 1.17 bits per heavy atom. The van der Waals surface area contributed by atoms with E-state index in [0.717, 1.165) is 38.9 Å². The van der Waals surface area contributed by atoms with Gasteiger partial charge >= 0.3 is 0 Å². The second-order valence-corrected chi connectivity index (χ2v) is 8.13. The van der Waals surface area contributed by atoms with Crippen molar-refractivity contribution in [2.45, 2.75) is 44.6 Å². The summed E-state index contributed by atoms with van der Waals surface area (Å²) in [7, 11) is 0. The smallest absolute Gasteiger partial charge is 0.255 e. The van der Waals surface area contributed by atoms with Gasteiger partial charge in [0.15, 0.2) is 0 Å². The first kappa shape index (κ1) is 20.0. The Bertz CT molecular complexity index is 837. The molecule has 2 aliphatic rings. The van der Waals surface area contributed by atoms with Gasteiger partial charge < -0.3 is 14.5 Å². The van der Waals surface area contributed by atoms with Crippen molar-refractivity contribution in [2.75, 3.05) is 31.1 Å². The molecule has 29 heavy (non-hydrogen) atoms. The van der Waals surface area contributed by atoms with Gasteiger partial charge in [0.2, 0.25) is 0 Å². The number of nitrogens with zero attached hydrogens (tertiary/aromatic N) is 3. The molecule has 154 valence electrons. The number of hydrogen-bond acceptors (Lipinski definition) is 4. The second-order valence-electron chi connectivity index (χ2n) is 8.13. The van der Waals surface area contributed by atoms with E-state index in [4.69, 9.17) is 4.74 Å². The Hall–Kier alpha value is -2.31. The highest BCUT2D eigenvalue weighted by Gasteiger charge is 2.45. The van der Waals surface area contributed by atoms with Crippen LogP contribution in [0.3, 0.4) is 0 Å². The van der Waals surface area contributed by atoms with Crippen LogP contribution < -0.4 is 4.90 Å². The summed E-state index contributed by atoms with van der Waals surface area (Å²) in [5, 5.41) is 0. The molecule has 1 aromatic carbocycles. The van der Waals surface area contributed by atoms with Crippen LogP contribution in [0.15, 0.2) is 48.8 Å². The molecule has 0 aliphatic carbocycles. The van der Waals surface area contributed by atoms with E-state index < -0.39 is 12.8 Å². The fourth-order valence-electron chi connectivity index (χ4n) is 4.35. The molecule has 1 unspecified atom stereocenters. The van der Waals surface area contributed by atoms with Gasteiger partial charge in [0.05, 0.1) is 24.0 Å². The number of carbonyl (C=O) groups excluding carboxylic acids is 1. The summed E-state index contributed by atoms with van der Waals surface area (Å²) in [5.74, 6) is -0.0834. The average molecular weight is 397 g/mol. The van der Waals surface area contributed by atoms with Crippen LogP contribution in [0.4, 0.5) is 10.1 Å². The Morgan fingerprint density at radius 3 is 2.66 bits per heavy atom. The van der Waals surface area contributed by atoms with Gasteiger partial charge in [-0.05, 0) is 37.8 Å². The number of pyridine rings is 1. The first-order valence-electron chi connectivity index (χ1n) is 10.3. The average Bonchev–Trinajstić information content (AvgIpc) is 2.77. The van der Waals surface area contributed by atoms with Crippen LogP contribution >= 0.6 is 0 Å². The summed E-state index contributed by atoms with van der Waals surface area (Å²) in [5.41, 5.74) is 2.15. The number of halogens is 1. The predicted molar refractivity (Wildman–Crippen MR) is 111 cm³/mol. The topological polar surface area (TPSA) is 45.7 Å². The molecule has 2 saturated heterocycles. The number of piperidine rings is 1. The molecule has 2 aromatic rings. The lowest BCUT2D eigenvalue weighted by atomic mass is 9.88. The number of aromatic nitrogens is 1. The Morgan fingerprint density at radius 2 is 1.93 bits per heavy atom. The molecule has 1 spiro atoms. The molecule has 2 aliphatic heterocycles. The van der Waals surface area contributed by atoms with Gasteiger partial charge in [-0.3, -0.25) is 9.78 Å². The lowest BCUT2D eigenvalue weighted by Gasteiger charge is -2.49. The van der Waals surface area contributed by atoms with E-state index >= 15 is 0 Å². The first-order chi connectivity index (χ1) is 14.1. The van der Waals surface area contributed by atoms with Crippen LogP contribution in [0.1, 0.15) is 30.9 Å². The summed E-state index contributed by atoms with van der Waals surface area (Å²) >= 11 is 0. The van der Waals surface area contributed by atoms with Crippen LogP contribution in [0.5, 0.6) is 0 Å².